The first kappa shape index (κ1) is 22.3. The molecule has 1 aliphatic heterocycles. The van der Waals surface area contributed by atoms with Crippen molar-refractivity contribution in [1.82, 2.24) is 15.5 Å². The molecule has 0 amide bonds. The Morgan fingerprint density at radius 2 is 2.20 bits per heavy atom. The van der Waals surface area contributed by atoms with Crippen LogP contribution in [0.5, 0.6) is 5.75 Å². The summed E-state index contributed by atoms with van der Waals surface area (Å²) in [7, 11) is 5.65. The zero-order chi connectivity index (χ0) is 17.4. The average molecular weight is 481 g/mol. The predicted octanol–water partition coefficient (Wildman–Crippen LogP) is 3.02. The molecule has 0 aliphatic carbocycles. The number of nitrogens with one attached hydrogen (secondary N) is 2. The van der Waals surface area contributed by atoms with Gasteiger partial charge in [-0.05, 0) is 56.5 Å². The van der Waals surface area contributed by atoms with Gasteiger partial charge < -0.3 is 20.3 Å². The number of likely N-dealkylation sites (tertiary alicyclic amines) is 1. The lowest BCUT2D eigenvalue weighted by Gasteiger charge is -2.30. The van der Waals surface area contributed by atoms with Crippen LogP contribution in [-0.2, 0) is 6.42 Å². The number of halogens is 2. The van der Waals surface area contributed by atoms with Crippen LogP contribution in [0.2, 0.25) is 5.02 Å². The number of nitrogens with zero attached hydrogens (tertiary/aromatic N) is 2. The summed E-state index contributed by atoms with van der Waals surface area (Å²) in [6.07, 6.45) is 3.41. The van der Waals surface area contributed by atoms with Gasteiger partial charge >= 0.3 is 0 Å². The van der Waals surface area contributed by atoms with Crippen LogP contribution in [-0.4, -0.2) is 58.2 Å². The second kappa shape index (κ2) is 11.8. The molecule has 1 atom stereocenters. The van der Waals surface area contributed by atoms with E-state index in [1.807, 2.05) is 25.2 Å². The minimum atomic E-state index is 0. The third-order valence-electron chi connectivity index (χ3n) is 4.45. The third kappa shape index (κ3) is 7.58. The first-order chi connectivity index (χ1) is 11.6. The second-order valence-corrected chi connectivity index (χ2v) is 6.76. The summed E-state index contributed by atoms with van der Waals surface area (Å²) in [5, 5.41) is 7.54. The molecule has 2 rings (SSSR count). The zero-order valence-corrected chi connectivity index (χ0v) is 18.4. The molecule has 0 aromatic heterocycles. The van der Waals surface area contributed by atoms with Crippen LogP contribution in [0, 0.1) is 5.92 Å². The predicted molar refractivity (Wildman–Crippen MR) is 117 cm³/mol. The number of hydrogen-bond acceptors (Lipinski definition) is 3. The van der Waals surface area contributed by atoms with Crippen LogP contribution in [0.25, 0.3) is 0 Å². The van der Waals surface area contributed by atoms with Gasteiger partial charge in [-0.1, -0.05) is 17.7 Å². The van der Waals surface area contributed by atoms with Gasteiger partial charge in [-0.25, -0.2) is 0 Å². The number of methoxy groups -OCH3 is 1. The van der Waals surface area contributed by atoms with Gasteiger partial charge in [-0.3, -0.25) is 4.99 Å². The minimum absolute atomic E-state index is 0. The van der Waals surface area contributed by atoms with Gasteiger partial charge in [0.15, 0.2) is 5.96 Å². The van der Waals surface area contributed by atoms with Crippen LogP contribution in [0.1, 0.15) is 18.4 Å². The van der Waals surface area contributed by atoms with Crippen LogP contribution < -0.4 is 15.4 Å². The van der Waals surface area contributed by atoms with Crippen molar-refractivity contribution in [2.45, 2.75) is 19.3 Å². The Balaban J connectivity index is 0.00000312. The molecule has 1 heterocycles. The Labute approximate surface area is 173 Å². The summed E-state index contributed by atoms with van der Waals surface area (Å²) >= 11 is 6.28. The van der Waals surface area contributed by atoms with E-state index in [4.69, 9.17) is 16.3 Å². The molecule has 1 saturated heterocycles. The topological polar surface area (TPSA) is 48.9 Å². The largest absolute Gasteiger partial charge is 0.497 e. The quantitative estimate of drug-likeness (QED) is 0.373. The maximum absolute atomic E-state index is 6.28. The summed E-state index contributed by atoms with van der Waals surface area (Å²) in [5.74, 6) is 2.33. The van der Waals surface area contributed by atoms with E-state index in [1.165, 1.54) is 19.4 Å². The second-order valence-electron chi connectivity index (χ2n) is 6.36. The molecule has 0 saturated carbocycles. The molecule has 142 valence electrons. The summed E-state index contributed by atoms with van der Waals surface area (Å²) in [6.45, 7) is 4.13. The van der Waals surface area contributed by atoms with Crippen molar-refractivity contribution in [2.75, 3.05) is 47.4 Å². The molecule has 0 spiro atoms. The van der Waals surface area contributed by atoms with Gasteiger partial charge in [-0.2, -0.15) is 0 Å². The average Bonchev–Trinajstić information content (AvgIpc) is 2.59. The van der Waals surface area contributed by atoms with E-state index in [1.54, 1.807) is 7.11 Å². The lowest BCUT2D eigenvalue weighted by Crippen LogP contribution is -2.44. The first-order valence-corrected chi connectivity index (χ1v) is 8.95. The SMILES string of the molecule is CN=C(NCCc1ccc(OC)cc1Cl)NCC1CCCN(C)C1.I. The maximum Gasteiger partial charge on any atom is 0.190 e. The normalized spacial score (nSPS) is 18.4. The van der Waals surface area contributed by atoms with Crippen molar-refractivity contribution in [1.29, 1.82) is 0 Å². The van der Waals surface area contributed by atoms with Gasteiger partial charge in [0.25, 0.3) is 0 Å². The maximum atomic E-state index is 6.28. The Kier molecular flexibility index (Phi) is 10.5. The van der Waals surface area contributed by atoms with Gasteiger partial charge in [-0.15, -0.1) is 24.0 Å². The summed E-state index contributed by atoms with van der Waals surface area (Å²) in [6, 6.07) is 5.80. The molecule has 1 unspecified atom stereocenters. The molecule has 1 aromatic carbocycles. The Morgan fingerprint density at radius 3 is 2.84 bits per heavy atom. The van der Waals surface area contributed by atoms with Crippen LogP contribution in [0.3, 0.4) is 0 Å². The first-order valence-electron chi connectivity index (χ1n) is 8.58. The van der Waals surface area contributed by atoms with E-state index < -0.39 is 0 Å². The molecule has 5 nitrogen and oxygen atoms in total. The fourth-order valence-corrected chi connectivity index (χ4v) is 3.34. The van der Waals surface area contributed by atoms with E-state index in [9.17, 15) is 0 Å². The van der Waals surface area contributed by atoms with Gasteiger partial charge in [0.1, 0.15) is 5.75 Å². The molecule has 1 aromatic rings. The number of guanidine groups is 1. The highest BCUT2D eigenvalue weighted by molar-refractivity contribution is 14.0. The lowest BCUT2D eigenvalue weighted by atomic mass is 9.99. The smallest absolute Gasteiger partial charge is 0.190 e. The summed E-state index contributed by atoms with van der Waals surface area (Å²) < 4.78 is 5.17. The highest BCUT2D eigenvalue weighted by Gasteiger charge is 2.17. The number of benzene rings is 1. The van der Waals surface area contributed by atoms with Gasteiger partial charge in [0.05, 0.1) is 7.11 Å². The minimum Gasteiger partial charge on any atom is -0.497 e. The number of hydrogen-bond donors (Lipinski definition) is 2. The van der Waals surface area contributed by atoms with Crippen molar-refractivity contribution in [3.05, 3.63) is 28.8 Å². The third-order valence-corrected chi connectivity index (χ3v) is 4.80. The molecule has 1 aliphatic rings. The van der Waals surface area contributed by atoms with Crippen molar-refractivity contribution in [2.24, 2.45) is 10.9 Å². The molecule has 1 fully saturated rings. The van der Waals surface area contributed by atoms with E-state index >= 15 is 0 Å². The number of rotatable bonds is 6. The van der Waals surface area contributed by atoms with E-state index in [0.29, 0.717) is 5.92 Å². The number of piperidine rings is 1. The zero-order valence-electron chi connectivity index (χ0n) is 15.3. The highest BCUT2D eigenvalue weighted by atomic mass is 127. The molecular formula is C18H30ClIN4O. The molecule has 0 bridgehead atoms. The summed E-state index contributed by atoms with van der Waals surface area (Å²) in [5.41, 5.74) is 1.11. The Morgan fingerprint density at radius 1 is 1.40 bits per heavy atom. The fourth-order valence-electron chi connectivity index (χ4n) is 3.07. The van der Waals surface area contributed by atoms with Crippen molar-refractivity contribution in [3.8, 4) is 5.75 Å². The molecule has 0 radical (unpaired) electrons. The lowest BCUT2D eigenvalue weighted by molar-refractivity contribution is 0.210. The Bertz CT molecular complexity index is 556. The molecule has 25 heavy (non-hydrogen) atoms. The Hall–Kier alpha value is -0.730. The van der Waals surface area contributed by atoms with Gasteiger partial charge in [0, 0.05) is 31.7 Å². The van der Waals surface area contributed by atoms with Gasteiger partial charge in [0.2, 0.25) is 0 Å². The molecule has 7 heteroatoms. The standard InChI is InChI=1S/C18H29ClN4O.HI/c1-20-18(22-12-14-5-4-10-23(2)13-14)21-9-8-15-6-7-16(24-3)11-17(15)19;/h6-7,11,14H,4-5,8-10,12-13H2,1-3H3,(H2,20,21,22);1H. The van der Waals surface area contributed by atoms with Crippen molar-refractivity contribution < 1.29 is 4.74 Å². The van der Waals surface area contributed by atoms with E-state index in [0.717, 1.165) is 48.4 Å². The molecule has 2 N–H and O–H groups in total. The number of ether oxygens (including phenoxy) is 1. The number of aliphatic imine (C=N–C) groups is 1. The van der Waals surface area contributed by atoms with Crippen molar-refractivity contribution >= 4 is 41.5 Å². The highest BCUT2D eigenvalue weighted by Crippen LogP contribution is 2.22. The van der Waals surface area contributed by atoms with Crippen molar-refractivity contribution in [3.63, 3.8) is 0 Å². The molecular weight excluding hydrogens is 451 g/mol. The van der Waals surface area contributed by atoms with Crippen LogP contribution in [0.4, 0.5) is 0 Å². The monoisotopic (exact) mass is 480 g/mol. The van der Waals surface area contributed by atoms with E-state index in [2.05, 4.69) is 27.6 Å². The van der Waals surface area contributed by atoms with Crippen LogP contribution >= 0.6 is 35.6 Å². The summed E-state index contributed by atoms with van der Waals surface area (Å²) in [4.78, 5) is 6.70. The van der Waals surface area contributed by atoms with E-state index in [-0.39, 0.29) is 24.0 Å². The fraction of sp³-hybridized carbons (Fsp3) is 0.611. The van der Waals surface area contributed by atoms with Crippen LogP contribution in [0.15, 0.2) is 23.2 Å².